The molecule has 5 rings (SSSR count). The maximum Gasteiger partial charge on any atom is 0.290 e. The number of fused-ring (bicyclic) bond motifs is 1. The van der Waals surface area contributed by atoms with Crippen LogP contribution in [0.3, 0.4) is 0 Å². The smallest absolute Gasteiger partial charge is 0.290 e. The Balaban J connectivity index is 1.57. The number of rotatable bonds is 7. The second-order valence-electron chi connectivity index (χ2n) is 8.31. The average Bonchev–Trinajstić information content (AvgIpc) is 3.42. The molecule has 0 fully saturated rings. The predicted molar refractivity (Wildman–Crippen MR) is 129 cm³/mol. The van der Waals surface area contributed by atoms with E-state index in [0.717, 1.165) is 10.9 Å². The highest BCUT2D eigenvalue weighted by Gasteiger charge is 2.44. The molecular formula is C28H23NO6. The van der Waals surface area contributed by atoms with Crippen molar-refractivity contribution in [3.8, 4) is 11.5 Å². The Morgan fingerprint density at radius 3 is 2.49 bits per heavy atom. The number of furan rings is 1. The molecule has 3 aromatic carbocycles. The molecule has 0 saturated heterocycles. The van der Waals surface area contributed by atoms with Gasteiger partial charge < -0.3 is 24.3 Å². The summed E-state index contributed by atoms with van der Waals surface area (Å²) >= 11 is 0. The number of ether oxygens (including phenoxy) is 1. The monoisotopic (exact) mass is 469 g/mol. The van der Waals surface area contributed by atoms with Crippen LogP contribution in [0.5, 0.6) is 11.5 Å². The second kappa shape index (κ2) is 9.02. The predicted octanol–water partition coefficient (Wildman–Crippen LogP) is 4.97. The molecule has 1 aliphatic rings. The van der Waals surface area contributed by atoms with Gasteiger partial charge in [0.05, 0.1) is 18.7 Å². The van der Waals surface area contributed by atoms with Gasteiger partial charge in [-0.3, -0.25) is 9.59 Å². The van der Waals surface area contributed by atoms with Gasteiger partial charge in [0, 0.05) is 11.9 Å². The van der Waals surface area contributed by atoms with Gasteiger partial charge in [-0.2, -0.15) is 0 Å². The summed E-state index contributed by atoms with van der Waals surface area (Å²) in [5, 5.41) is 21.7. The Morgan fingerprint density at radius 1 is 1.00 bits per heavy atom. The zero-order valence-corrected chi connectivity index (χ0v) is 19.0. The van der Waals surface area contributed by atoms with Gasteiger partial charge in [-0.1, -0.05) is 54.6 Å². The van der Waals surface area contributed by atoms with E-state index in [2.05, 4.69) is 0 Å². The molecule has 0 spiro atoms. The molecule has 7 heteroatoms. The number of aliphatic hydroxyl groups excluding tert-OH is 1. The number of aliphatic hydroxyl groups is 1. The van der Waals surface area contributed by atoms with Crippen LogP contribution < -0.4 is 4.74 Å². The highest BCUT2D eigenvalue weighted by atomic mass is 16.5. The minimum atomic E-state index is -0.888. The molecule has 0 aliphatic carbocycles. The van der Waals surface area contributed by atoms with Crippen LogP contribution in [0.15, 0.2) is 94.6 Å². The third-order valence-electron chi connectivity index (χ3n) is 6.20. The Morgan fingerprint density at radius 2 is 1.74 bits per heavy atom. The molecule has 35 heavy (non-hydrogen) atoms. The standard InChI is InChI=1S/C28H23NO6/c1-34-22-16-19(11-12-20(22)30)25-24(26(31)23-15-18-9-5-6-10-21(18)35-23)27(32)28(33)29(25)14-13-17-7-3-2-4-8-17/h2-12,15-16,25,30,32H,13-14H2,1H3. The Kier molecular flexibility index (Phi) is 5.74. The van der Waals surface area contributed by atoms with Crippen molar-refractivity contribution in [1.29, 1.82) is 0 Å². The van der Waals surface area contributed by atoms with Crippen LogP contribution >= 0.6 is 0 Å². The molecule has 4 aromatic rings. The van der Waals surface area contributed by atoms with E-state index in [4.69, 9.17) is 9.15 Å². The summed E-state index contributed by atoms with van der Waals surface area (Å²) in [7, 11) is 1.42. The maximum absolute atomic E-state index is 13.6. The van der Waals surface area contributed by atoms with E-state index in [9.17, 15) is 19.8 Å². The molecule has 0 radical (unpaired) electrons. The van der Waals surface area contributed by atoms with Crippen molar-refractivity contribution in [2.75, 3.05) is 13.7 Å². The van der Waals surface area contributed by atoms with Gasteiger partial charge >= 0.3 is 0 Å². The molecule has 1 amide bonds. The average molecular weight is 469 g/mol. The van der Waals surface area contributed by atoms with Gasteiger partial charge in [0.1, 0.15) is 5.58 Å². The van der Waals surface area contributed by atoms with Crippen molar-refractivity contribution in [2.45, 2.75) is 12.5 Å². The number of carbonyl (C=O) groups is 2. The number of hydrogen-bond acceptors (Lipinski definition) is 6. The van der Waals surface area contributed by atoms with Crippen LogP contribution in [0.2, 0.25) is 0 Å². The third kappa shape index (κ3) is 4.01. The number of amides is 1. The Hall–Kier alpha value is -4.52. The largest absolute Gasteiger partial charge is 0.504 e. The number of aromatic hydroxyl groups is 1. The van der Waals surface area contributed by atoms with E-state index in [0.29, 0.717) is 17.6 Å². The van der Waals surface area contributed by atoms with Crippen LogP contribution in [0, 0.1) is 0 Å². The summed E-state index contributed by atoms with van der Waals surface area (Å²) in [6, 6.07) is 22.2. The zero-order valence-electron chi connectivity index (χ0n) is 19.0. The highest BCUT2D eigenvalue weighted by Crippen LogP contribution is 2.42. The molecular weight excluding hydrogens is 446 g/mol. The summed E-state index contributed by atoms with van der Waals surface area (Å²) in [5.41, 5.74) is 1.99. The van der Waals surface area contributed by atoms with Gasteiger partial charge in [0.25, 0.3) is 5.91 Å². The lowest BCUT2D eigenvalue weighted by Gasteiger charge is -2.27. The number of phenols is 1. The Bertz CT molecular complexity index is 1420. The first-order chi connectivity index (χ1) is 17.0. The molecule has 1 aromatic heterocycles. The van der Waals surface area contributed by atoms with Gasteiger partial charge in [-0.05, 0) is 41.8 Å². The van der Waals surface area contributed by atoms with Crippen LogP contribution in [-0.4, -0.2) is 40.5 Å². The Labute approximate surface area is 201 Å². The van der Waals surface area contributed by atoms with Crippen LogP contribution in [0.1, 0.15) is 27.7 Å². The summed E-state index contributed by atoms with van der Waals surface area (Å²) in [5.74, 6) is -1.68. The van der Waals surface area contributed by atoms with Gasteiger partial charge in [0.15, 0.2) is 23.0 Å². The zero-order chi connectivity index (χ0) is 24.5. The van der Waals surface area contributed by atoms with E-state index in [1.165, 1.54) is 18.1 Å². The van der Waals surface area contributed by atoms with Gasteiger partial charge in [-0.15, -0.1) is 0 Å². The molecule has 2 heterocycles. The number of Topliss-reactive ketones (excluding diaryl/α,β-unsaturated/α-hetero) is 1. The molecule has 0 saturated carbocycles. The van der Waals surface area contributed by atoms with Crippen molar-refractivity contribution in [1.82, 2.24) is 4.90 Å². The first kappa shape index (κ1) is 22.3. The number of methoxy groups -OCH3 is 1. The lowest BCUT2D eigenvalue weighted by atomic mass is 9.94. The van der Waals surface area contributed by atoms with Gasteiger partial charge in [0.2, 0.25) is 5.78 Å². The minimum Gasteiger partial charge on any atom is -0.504 e. The van der Waals surface area contributed by atoms with E-state index in [1.54, 1.807) is 30.3 Å². The topological polar surface area (TPSA) is 100 Å². The molecule has 176 valence electrons. The molecule has 1 atom stereocenters. The fourth-order valence-electron chi connectivity index (χ4n) is 4.45. The number of phenolic OH excluding ortho intramolecular Hbond substituents is 1. The van der Waals surface area contributed by atoms with E-state index < -0.39 is 23.5 Å². The van der Waals surface area contributed by atoms with Crippen LogP contribution in [0.25, 0.3) is 11.0 Å². The summed E-state index contributed by atoms with van der Waals surface area (Å²) in [6.07, 6.45) is 0.525. The van der Waals surface area contributed by atoms with E-state index in [-0.39, 0.29) is 29.4 Å². The molecule has 7 nitrogen and oxygen atoms in total. The summed E-state index contributed by atoms with van der Waals surface area (Å²) in [4.78, 5) is 28.3. The first-order valence-corrected chi connectivity index (χ1v) is 11.2. The van der Waals surface area contributed by atoms with Crippen molar-refractivity contribution < 1.29 is 29.0 Å². The van der Waals surface area contributed by atoms with Crippen molar-refractivity contribution in [2.24, 2.45) is 0 Å². The maximum atomic E-state index is 13.6. The van der Waals surface area contributed by atoms with Gasteiger partial charge in [-0.25, -0.2) is 0 Å². The lowest BCUT2D eigenvalue weighted by Crippen LogP contribution is -2.33. The third-order valence-corrected chi connectivity index (χ3v) is 6.20. The lowest BCUT2D eigenvalue weighted by molar-refractivity contribution is -0.129. The van der Waals surface area contributed by atoms with Crippen LogP contribution in [-0.2, 0) is 11.2 Å². The fraction of sp³-hybridized carbons (Fsp3) is 0.143. The number of carbonyl (C=O) groups excluding carboxylic acids is 2. The van der Waals surface area contributed by atoms with Crippen molar-refractivity contribution >= 4 is 22.7 Å². The quantitative estimate of drug-likeness (QED) is 0.371. The fourth-order valence-corrected chi connectivity index (χ4v) is 4.45. The number of benzene rings is 3. The second-order valence-corrected chi connectivity index (χ2v) is 8.31. The number of ketones is 1. The molecule has 2 N–H and O–H groups in total. The molecule has 1 unspecified atom stereocenters. The molecule has 0 bridgehead atoms. The minimum absolute atomic E-state index is 0.0289. The van der Waals surface area contributed by atoms with E-state index in [1.807, 2.05) is 42.5 Å². The van der Waals surface area contributed by atoms with Crippen molar-refractivity contribution in [3.05, 3.63) is 107 Å². The van der Waals surface area contributed by atoms with Crippen LogP contribution in [0.4, 0.5) is 0 Å². The summed E-state index contributed by atoms with van der Waals surface area (Å²) in [6.45, 7) is 0.262. The number of para-hydroxylation sites is 1. The number of hydrogen-bond donors (Lipinski definition) is 2. The van der Waals surface area contributed by atoms with Crippen molar-refractivity contribution in [3.63, 3.8) is 0 Å². The normalized spacial score (nSPS) is 15.7. The highest BCUT2D eigenvalue weighted by molar-refractivity contribution is 6.16. The molecule has 1 aliphatic heterocycles. The number of nitrogens with zero attached hydrogens (tertiary/aromatic N) is 1. The first-order valence-electron chi connectivity index (χ1n) is 11.2. The summed E-state index contributed by atoms with van der Waals surface area (Å²) < 4.78 is 11.0. The van der Waals surface area contributed by atoms with E-state index >= 15 is 0 Å². The SMILES string of the molecule is COc1cc(C2C(C(=O)c3cc4ccccc4o3)=C(O)C(=O)N2CCc2ccccc2)ccc1O.